The average molecular weight is 294 g/mol. The summed E-state index contributed by atoms with van der Waals surface area (Å²) in [4.78, 5) is 26.5. The maximum Gasteiger partial charge on any atom is 0.358 e. The van der Waals surface area contributed by atoms with Gasteiger partial charge in [-0.3, -0.25) is 4.79 Å². The Morgan fingerprint density at radius 3 is 2.70 bits per heavy atom. The second-order valence-corrected chi connectivity index (χ2v) is 4.78. The van der Waals surface area contributed by atoms with Gasteiger partial charge >= 0.3 is 5.97 Å². The quantitative estimate of drug-likeness (QED) is 0.880. The van der Waals surface area contributed by atoms with Crippen LogP contribution in [0, 0.1) is 5.82 Å². The first-order valence-corrected chi connectivity index (χ1v) is 6.57. The van der Waals surface area contributed by atoms with Crippen LogP contribution in [0.1, 0.15) is 23.0 Å². The highest BCUT2D eigenvalue weighted by Crippen LogP contribution is 2.16. The topological polar surface area (TPSA) is 68.3 Å². The third-order valence-corrected chi connectivity index (χ3v) is 3.04. The molecule has 0 aliphatic heterocycles. The van der Waals surface area contributed by atoms with Crippen LogP contribution in [0.3, 0.4) is 0 Å². The molecule has 5 nitrogen and oxygen atoms in total. The molecule has 2 rings (SSSR count). The van der Waals surface area contributed by atoms with Crippen molar-refractivity contribution in [3.8, 4) is 0 Å². The number of halogens is 1. The molecule has 0 spiro atoms. The second kappa shape index (κ2) is 6.25. The number of nitrogens with one attached hydrogen (secondary N) is 1. The molecule has 1 amide bonds. The van der Waals surface area contributed by atoms with E-state index >= 15 is 0 Å². The highest BCUT2D eigenvalue weighted by Gasteiger charge is 2.13. The standard InChI is InChI=1S/C13H11FN2O3S/c1-8(17)15-13-16-11(7-20-13)12(18)19-6-9-2-4-10(14)5-3-9/h2-5,7H,6H2,1H3,(H,15,16,17). The number of benzene rings is 1. The Kier molecular flexibility index (Phi) is 4.41. The van der Waals surface area contributed by atoms with E-state index in [0.717, 1.165) is 11.3 Å². The lowest BCUT2D eigenvalue weighted by molar-refractivity contribution is -0.114. The normalized spacial score (nSPS) is 10.1. The first-order chi connectivity index (χ1) is 9.54. The first kappa shape index (κ1) is 14.1. The molecule has 0 saturated heterocycles. The number of aromatic nitrogens is 1. The van der Waals surface area contributed by atoms with Crippen LogP contribution >= 0.6 is 11.3 Å². The fourth-order valence-corrected chi connectivity index (χ4v) is 2.10. The summed E-state index contributed by atoms with van der Waals surface area (Å²) in [5.41, 5.74) is 0.804. The fraction of sp³-hybridized carbons (Fsp3) is 0.154. The summed E-state index contributed by atoms with van der Waals surface area (Å²) in [7, 11) is 0. The van der Waals surface area contributed by atoms with E-state index < -0.39 is 5.97 Å². The predicted octanol–water partition coefficient (Wildman–Crippen LogP) is 2.60. The largest absolute Gasteiger partial charge is 0.456 e. The van der Waals surface area contributed by atoms with Crippen LogP contribution in [0.15, 0.2) is 29.6 Å². The lowest BCUT2D eigenvalue weighted by Gasteiger charge is -2.02. The molecule has 20 heavy (non-hydrogen) atoms. The second-order valence-electron chi connectivity index (χ2n) is 3.92. The molecule has 0 aliphatic rings. The van der Waals surface area contributed by atoms with Crippen molar-refractivity contribution in [1.29, 1.82) is 0 Å². The van der Waals surface area contributed by atoms with Gasteiger partial charge in [0.2, 0.25) is 5.91 Å². The molecule has 0 aliphatic carbocycles. The molecule has 0 unspecified atom stereocenters. The van der Waals surface area contributed by atoms with Crippen molar-refractivity contribution in [3.05, 3.63) is 46.7 Å². The molecular weight excluding hydrogens is 283 g/mol. The van der Waals surface area contributed by atoms with Gasteiger partial charge in [-0.2, -0.15) is 0 Å². The Balaban J connectivity index is 1.93. The van der Waals surface area contributed by atoms with E-state index in [0.29, 0.717) is 10.7 Å². The number of hydrogen-bond donors (Lipinski definition) is 1. The van der Waals surface area contributed by atoms with Crippen LogP contribution < -0.4 is 5.32 Å². The predicted molar refractivity (Wildman–Crippen MR) is 71.9 cm³/mol. The van der Waals surface area contributed by atoms with E-state index in [1.807, 2.05) is 0 Å². The number of anilines is 1. The van der Waals surface area contributed by atoms with Gasteiger partial charge in [0.05, 0.1) is 0 Å². The Bertz CT molecular complexity index is 625. The molecule has 0 bridgehead atoms. The maximum absolute atomic E-state index is 12.7. The smallest absolute Gasteiger partial charge is 0.358 e. The molecule has 1 N–H and O–H groups in total. The SMILES string of the molecule is CC(=O)Nc1nc(C(=O)OCc2ccc(F)cc2)cs1. The fourth-order valence-electron chi connectivity index (χ4n) is 1.38. The van der Waals surface area contributed by atoms with Crippen LogP contribution in [-0.2, 0) is 16.1 Å². The lowest BCUT2D eigenvalue weighted by Crippen LogP contribution is -2.08. The number of esters is 1. The molecule has 7 heteroatoms. The molecule has 1 aromatic heterocycles. The Morgan fingerprint density at radius 2 is 2.05 bits per heavy atom. The van der Waals surface area contributed by atoms with Crippen LogP contribution in [0.5, 0.6) is 0 Å². The van der Waals surface area contributed by atoms with Gasteiger partial charge in [-0.05, 0) is 17.7 Å². The van der Waals surface area contributed by atoms with Gasteiger partial charge in [0.1, 0.15) is 12.4 Å². The number of nitrogens with zero attached hydrogens (tertiary/aromatic N) is 1. The summed E-state index contributed by atoms with van der Waals surface area (Å²) >= 11 is 1.14. The highest BCUT2D eigenvalue weighted by atomic mass is 32.1. The summed E-state index contributed by atoms with van der Waals surface area (Å²) in [6.07, 6.45) is 0. The summed E-state index contributed by atoms with van der Waals surface area (Å²) in [6, 6.07) is 5.65. The summed E-state index contributed by atoms with van der Waals surface area (Å²) in [5.74, 6) is -1.20. The van der Waals surface area contributed by atoms with Crippen LogP contribution in [0.25, 0.3) is 0 Å². The minimum Gasteiger partial charge on any atom is -0.456 e. The van der Waals surface area contributed by atoms with Gasteiger partial charge in [0.15, 0.2) is 10.8 Å². The van der Waals surface area contributed by atoms with Gasteiger partial charge in [-0.1, -0.05) is 12.1 Å². The molecule has 0 radical (unpaired) electrons. The van der Waals surface area contributed by atoms with Gasteiger partial charge in [-0.15, -0.1) is 11.3 Å². The van der Waals surface area contributed by atoms with Crippen molar-refractivity contribution in [2.45, 2.75) is 13.5 Å². The van der Waals surface area contributed by atoms with Crippen LogP contribution in [-0.4, -0.2) is 16.9 Å². The number of rotatable bonds is 4. The van der Waals surface area contributed by atoms with Crippen molar-refractivity contribution in [1.82, 2.24) is 4.98 Å². The van der Waals surface area contributed by atoms with E-state index in [-0.39, 0.29) is 24.0 Å². The minimum absolute atomic E-state index is 0.0338. The van der Waals surface area contributed by atoms with Gasteiger partial charge < -0.3 is 10.1 Å². The Hall–Kier alpha value is -2.28. The van der Waals surface area contributed by atoms with E-state index in [4.69, 9.17) is 4.74 Å². The zero-order valence-electron chi connectivity index (χ0n) is 10.6. The van der Waals surface area contributed by atoms with Gasteiger partial charge in [-0.25, -0.2) is 14.2 Å². The molecule has 0 saturated carbocycles. The number of carbonyl (C=O) groups is 2. The van der Waals surface area contributed by atoms with E-state index in [1.165, 1.54) is 36.6 Å². The van der Waals surface area contributed by atoms with Crippen molar-refractivity contribution < 1.29 is 18.7 Å². The van der Waals surface area contributed by atoms with E-state index in [9.17, 15) is 14.0 Å². The zero-order chi connectivity index (χ0) is 14.5. The molecule has 0 atom stereocenters. The first-order valence-electron chi connectivity index (χ1n) is 5.69. The molecule has 1 heterocycles. The third-order valence-electron chi connectivity index (χ3n) is 2.28. The van der Waals surface area contributed by atoms with Crippen LogP contribution in [0.2, 0.25) is 0 Å². The molecule has 104 valence electrons. The number of hydrogen-bond acceptors (Lipinski definition) is 5. The van der Waals surface area contributed by atoms with Crippen molar-refractivity contribution in [2.75, 3.05) is 5.32 Å². The number of ether oxygens (including phenoxy) is 1. The summed E-state index contributed by atoms with van der Waals surface area (Å²) in [5, 5.41) is 4.32. The highest BCUT2D eigenvalue weighted by molar-refractivity contribution is 7.14. The van der Waals surface area contributed by atoms with Gasteiger partial charge in [0.25, 0.3) is 0 Å². The zero-order valence-corrected chi connectivity index (χ0v) is 11.4. The Morgan fingerprint density at radius 1 is 1.35 bits per heavy atom. The van der Waals surface area contributed by atoms with E-state index in [1.54, 1.807) is 0 Å². The van der Waals surface area contributed by atoms with Gasteiger partial charge in [0, 0.05) is 12.3 Å². The average Bonchev–Trinajstić information content (AvgIpc) is 2.85. The molecule has 2 aromatic rings. The van der Waals surface area contributed by atoms with Crippen LogP contribution in [0.4, 0.5) is 9.52 Å². The van der Waals surface area contributed by atoms with Crippen molar-refractivity contribution in [2.24, 2.45) is 0 Å². The maximum atomic E-state index is 12.7. The Labute approximate surface area is 118 Å². The third kappa shape index (κ3) is 3.86. The molecule has 1 aromatic carbocycles. The minimum atomic E-state index is -0.595. The molecule has 0 fully saturated rings. The summed E-state index contributed by atoms with van der Waals surface area (Å²) < 4.78 is 17.7. The summed E-state index contributed by atoms with van der Waals surface area (Å²) in [6.45, 7) is 1.39. The van der Waals surface area contributed by atoms with E-state index in [2.05, 4.69) is 10.3 Å². The monoisotopic (exact) mass is 294 g/mol. The number of amides is 1. The number of carbonyl (C=O) groups excluding carboxylic acids is 2. The lowest BCUT2D eigenvalue weighted by atomic mass is 10.2. The number of thiazole rings is 1. The van der Waals surface area contributed by atoms with Crippen molar-refractivity contribution >= 4 is 28.3 Å². The van der Waals surface area contributed by atoms with Crippen molar-refractivity contribution in [3.63, 3.8) is 0 Å². The molecular formula is C13H11FN2O3S.